The Balaban J connectivity index is 2.81. The highest BCUT2D eigenvalue weighted by Gasteiger charge is 2.17. The van der Waals surface area contributed by atoms with Gasteiger partial charge >= 0.3 is 0 Å². The summed E-state index contributed by atoms with van der Waals surface area (Å²) in [6.45, 7) is -0.292. The van der Waals surface area contributed by atoms with Crippen molar-refractivity contribution in [3.8, 4) is 0 Å². The Morgan fingerprint density at radius 1 is 0.913 bits per heavy atom. The lowest BCUT2D eigenvalue weighted by Gasteiger charge is -2.06. The summed E-state index contributed by atoms with van der Waals surface area (Å²) >= 11 is 6.00. The Labute approximate surface area is 138 Å². The second-order valence-corrected chi connectivity index (χ2v) is 5.25. The van der Waals surface area contributed by atoms with Crippen molar-refractivity contribution < 1.29 is 28.7 Å². The number of carbonyl (C=O) groups is 4. The predicted octanol–water partition coefficient (Wildman–Crippen LogP) is 1.92. The molecule has 0 aliphatic carbocycles. The van der Waals surface area contributed by atoms with Crippen LogP contribution in [0.25, 0.3) is 0 Å². The molecular formula is C16H17ClO6. The lowest BCUT2D eigenvalue weighted by Crippen LogP contribution is -2.14. The van der Waals surface area contributed by atoms with Crippen LogP contribution < -0.4 is 0 Å². The number of halogens is 1. The molecule has 0 N–H and O–H groups in total. The third-order valence-electron chi connectivity index (χ3n) is 2.92. The molecule has 0 aromatic heterocycles. The third-order valence-corrected chi connectivity index (χ3v) is 3.23. The van der Waals surface area contributed by atoms with E-state index in [0.29, 0.717) is 0 Å². The summed E-state index contributed by atoms with van der Waals surface area (Å²) in [7, 11) is 2.73. The Morgan fingerprint density at radius 3 is 1.91 bits per heavy atom. The standard InChI is InChI=1S/C16H17ClO6/c1-22-8-11(18)6-15(20)10-3-4-13(14(17)5-10)16(21)7-12(19)9-23-2/h3-5H,6-9H2,1-2H3. The van der Waals surface area contributed by atoms with Gasteiger partial charge in [0.15, 0.2) is 23.1 Å². The molecule has 1 aromatic carbocycles. The molecule has 0 fully saturated rings. The first-order valence-corrected chi connectivity index (χ1v) is 7.14. The van der Waals surface area contributed by atoms with E-state index < -0.39 is 11.6 Å². The molecule has 0 unspecified atom stereocenters. The molecule has 0 spiro atoms. The highest BCUT2D eigenvalue weighted by Crippen LogP contribution is 2.20. The lowest BCUT2D eigenvalue weighted by molar-refractivity contribution is -0.122. The summed E-state index contributed by atoms with van der Waals surface area (Å²) < 4.78 is 9.31. The van der Waals surface area contributed by atoms with Crippen LogP contribution in [0.3, 0.4) is 0 Å². The van der Waals surface area contributed by atoms with Crippen LogP contribution in [0.1, 0.15) is 33.6 Å². The first kappa shape index (κ1) is 19.2. The summed E-state index contributed by atoms with van der Waals surface area (Å²) in [4.78, 5) is 46.7. The maximum absolute atomic E-state index is 12.0. The van der Waals surface area contributed by atoms with E-state index >= 15 is 0 Å². The SMILES string of the molecule is COCC(=O)CC(=O)c1ccc(C(=O)CC(=O)COC)c(Cl)c1. The van der Waals surface area contributed by atoms with Crippen LogP contribution in [0.4, 0.5) is 0 Å². The van der Waals surface area contributed by atoms with Gasteiger partial charge in [0.05, 0.1) is 17.9 Å². The van der Waals surface area contributed by atoms with Gasteiger partial charge in [-0.05, 0) is 12.1 Å². The van der Waals surface area contributed by atoms with Gasteiger partial charge in [-0.3, -0.25) is 19.2 Å². The average Bonchev–Trinajstić information content (AvgIpc) is 2.47. The number of benzene rings is 1. The monoisotopic (exact) mass is 340 g/mol. The fraction of sp³-hybridized carbons (Fsp3) is 0.375. The zero-order chi connectivity index (χ0) is 17.4. The van der Waals surface area contributed by atoms with Crippen LogP contribution in [0.5, 0.6) is 0 Å². The predicted molar refractivity (Wildman–Crippen MR) is 83.1 cm³/mol. The van der Waals surface area contributed by atoms with Crippen molar-refractivity contribution in [2.75, 3.05) is 27.4 Å². The molecule has 0 aliphatic rings. The fourth-order valence-electron chi connectivity index (χ4n) is 1.89. The van der Waals surface area contributed by atoms with Crippen LogP contribution in [0.2, 0.25) is 5.02 Å². The molecule has 1 aromatic rings. The van der Waals surface area contributed by atoms with E-state index in [9.17, 15) is 19.2 Å². The number of hydrogen-bond acceptors (Lipinski definition) is 6. The topological polar surface area (TPSA) is 86.7 Å². The maximum Gasteiger partial charge on any atom is 0.171 e. The average molecular weight is 341 g/mol. The van der Waals surface area contributed by atoms with Crippen molar-refractivity contribution in [3.63, 3.8) is 0 Å². The molecule has 124 valence electrons. The van der Waals surface area contributed by atoms with Gasteiger partial charge in [-0.2, -0.15) is 0 Å². The van der Waals surface area contributed by atoms with Gasteiger partial charge in [0.2, 0.25) is 0 Å². The molecule has 6 nitrogen and oxygen atoms in total. The third kappa shape index (κ3) is 6.02. The second-order valence-electron chi connectivity index (χ2n) is 4.84. The Hall–Kier alpha value is -1.89. The molecule has 0 bridgehead atoms. The fourth-order valence-corrected chi connectivity index (χ4v) is 2.18. The van der Waals surface area contributed by atoms with Crippen molar-refractivity contribution in [2.24, 2.45) is 0 Å². The number of ether oxygens (including phenoxy) is 2. The number of carbonyl (C=O) groups excluding carboxylic acids is 4. The minimum absolute atomic E-state index is 0.0604. The zero-order valence-electron chi connectivity index (χ0n) is 12.9. The van der Waals surface area contributed by atoms with Crippen molar-refractivity contribution in [3.05, 3.63) is 34.3 Å². The molecule has 0 saturated heterocycles. The maximum atomic E-state index is 12.0. The highest BCUT2D eigenvalue weighted by atomic mass is 35.5. The quantitative estimate of drug-likeness (QED) is 0.477. The Bertz CT molecular complexity index is 623. The van der Waals surface area contributed by atoms with E-state index in [-0.39, 0.29) is 53.8 Å². The van der Waals surface area contributed by atoms with E-state index in [4.69, 9.17) is 11.6 Å². The van der Waals surface area contributed by atoms with Gasteiger partial charge < -0.3 is 9.47 Å². The molecule has 1 rings (SSSR count). The van der Waals surface area contributed by atoms with E-state index in [1.807, 2.05) is 0 Å². The number of hydrogen-bond donors (Lipinski definition) is 0. The highest BCUT2D eigenvalue weighted by molar-refractivity contribution is 6.35. The van der Waals surface area contributed by atoms with Crippen LogP contribution in [0.15, 0.2) is 18.2 Å². The zero-order valence-corrected chi connectivity index (χ0v) is 13.6. The van der Waals surface area contributed by atoms with Crippen LogP contribution in [0, 0.1) is 0 Å². The van der Waals surface area contributed by atoms with Crippen molar-refractivity contribution in [1.82, 2.24) is 0 Å². The molecule has 23 heavy (non-hydrogen) atoms. The number of rotatable bonds is 10. The minimum Gasteiger partial charge on any atom is -0.377 e. The number of methoxy groups -OCH3 is 2. The van der Waals surface area contributed by atoms with Crippen LogP contribution in [-0.4, -0.2) is 50.6 Å². The van der Waals surface area contributed by atoms with Crippen molar-refractivity contribution in [1.29, 1.82) is 0 Å². The molecule has 0 aliphatic heterocycles. The van der Waals surface area contributed by atoms with E-state index in [0.717, 1.165) is 0 Å². The van der Waals surface area contributed by atoms with Gasteiger partial charge in [0, 0.05) is 25.3 Å². The summed E-state index contributed by atoms with van der Waals surface area (Å²) in [5.41, 5.74) is 0.370. The van der Waals surface area contributed by atoms with Gasteiger partial charge in [0.25, 0.3) is 0 Å². The summed E-state index contributed by atoms with van der Waals surface area (Å²) in [6, 6.07) is 4.10. The van der Waals surface area contributed by atoms with E-state index in [1.165, 1.54) is 32.4 Å². The number of ketones is 4. The molecule has 0 saturated carbocycles. The molecular weight excluding hydrogens is 324 g/mol. The van der Waals surface area contributed by atoms with Crippen LogP contribution >= 0.6 is 11.6 Å². The first-order valence-electron chi connectivity index (χ1n) is 6.76. The molecule has 0 radical (unpaired) electrons. The molecule has 0 heterocycles. The molecule has 7 heteroatoms. The largest absolute Gasteiger partial charge is 0.377 e. The van der Waals surface area contributed by atoms with Gasteiger partial charge in [0.1, 0.15) is 13.2 Å². The summed E-state index contributed by atoms with van der Waals surface area (Å²) in [6.07, 6.45) is -0.628. The molecule has 0 atom stereocenters. The minimum atomic E-state index is -0.452. The molecule has 0 amide bonds. The van der Waals surface area contributed by atoms with E-state index in [2.05, 4.69) is 9.47 Å². The second kappa shape index (κ2) is 9.29. The van der Waals surface area contributed by atoms with Crippen molar-refractivity contribution in [2.45, 2.75) is 12.8 Å². The number of Topliss-reactive ketones (excluding diaryl/α,β-unsaturated/α-hetero) is 4. The van der Waals surface area contributed by atoms with Gasteiger partial charge in [-0.15, -0.1) is 0 Å². The summed E-state index contributed by atoms with van der Waals surface area (Å²) in [5, 5.41) is 0.0604. The summed E-state index contributed by atoms with van der Waals surface area (Å²) in [5.74, 6) is -1.58. The Kier molecular flexibility index (Phi) is 7.74. The smallest absolute Gasteiger partial charge is 0.171 e. The van der Waals surface area contributed by atoms with E-state index in [1.54, 1.807) is 0 Å². The first-order chi connectivity index (χ1) is 10.9. The normalized spacial score (nSPS) is 10.4. The van der Waals surface area contributed by atoms with Gasteiger partial charge in [-0.1, -0.05) is 17.7 Å². The Morgan fingerprint density at radius 2 is 1.43 bits per heavy atom. The van der Waals surface area contributed by atoms with Gasteiger partial charge in [-0.25, -0.2) is 0 Å². The van der Waals surface area contributed by atoms with Crippen LogP contribution in [-0.2, 0) is 19.1 Å². The lowest BCUT2D eigenvalue weighted by atomic mass is 10.0. The van der Waals surface area contributed by atoms with Crippen molar-refractivity contribution >= 4 is 34.7 Å².